The van der Waals surface area contributed by atoms with Crippen molar-refractivity contribution in [1.82, 2.24) is 5.32 Å². The Morgan fingerprint density at radius 2 is 1.70 bits per heavy atom. The third kappa shape index (κ3) is 4.98. The molecule has 1 amide bonds. The van der Waals surface area contributed by atoms with Crippen molar-refractivity contribution < 1.29 is 18.7 Å². The Hall–Kier alpha value is -2.56. The predicted molar refractivity (Wildman–Crippen MR) is 86.1 cm³/mol. The van der Waals surface area contributed by atoms with Gasteiger partial charge in [0.05, 0.1) is 13.2 Å². The van der Waals surface area contributed by atoms with E-state index in [1.54, 1.807) is 7.11 Å². The van der Waals surface area contributed by atoms with E-state index >= 15 is 0 Å². The molecule has 0 radical (unpaired) electrons. The molecule has 0 spiro atoms. The normalized spacial score (nSPS) is 11.6. The molecule has 5 heteroatoms. The maximum atomic E-state index is 12.8. The van der Waals surface area contributed by atoms with Gasteiger partial charge in [-0.15, -0.1) is 0 Å². The van der Waals surface area contributed by atoms with Crippen molar-refractivity contribution in [1.29, 1.82) is 0 Å². The summed E-state index contributed by atoms with van der Waals surface area (Å²) >= 11 is 0. The number of nitrogens with one attached hydrogen (secondary N) is 1. The zero-order valence-electron chi connectivity index (χ0n) is 13.2. The number of hydrogen-bond acceptors (Lipinski definition) is 3. The lowest BCUT2D eigenvalue weighted by atomic mass is 10.0. The predicted octanol–water partition coefficient (Wildman–Crippen LogP) is 3.48. The van der Waals surface area contributed by atoms with Gasteiger partial charge in [-0.05, 0) is 48.4 Å². The first-order valence-corrected chi connectivity index (χ1v) is 7.44. The Morgan fingerprint density at radius 1 is 1.09 bits per heavy atom. The van der Waals surface area contributed by atoms with Crippen molar-refractivity contribution in [3.63, 3.8) is 0 Å². The SMILES string of the molecule is CC[C@H](NC(=O)COc1ccc(F)cc1)c1ccc(OC)cc1. The van der Waals surface area contributed by atoms with E-state index in [9.17, 15) is 9.18 Å². The fraction of sp³-hybridized carbons (Fsp3) is 0.278. The average Bonchev–Trinajstić information content (AvgIpc) is 2.59. The number of hydrogen-bond donors (Lipinski definition) is 1. The van der Waals surface area contributed by atoms with Crippen LogP contribution in [0.25, 0.3) is 0 Å². The second-order valence-corrected chi connectivity index (χ2v) is 5.04. The van der Waals surface area contributed by atoms with E-state index in [-0.39, 0.29) is 24.4 Å². The van der Waals surface area contributed by atoms with Gasteiger partial charge in [-0.25, -0.2) is 4.39 Å². The van der Waals surface area contributed by atoms with Crippen LogP contribution in [0.5, 0.6) is 11.5 Å². The van der Waals surface area contributed by atoms with Crippen LogP contribution < -0.4 is 14.8 Å². The molecule has 2 rings (SSSR count). The summed E-state index contributed by atoms with van der Waals surface area (Å²) in [4.78, 5) is 12.0. The van der Waals surface area contributed by atoms with E-state index in [0.29, 0.717) is 5.75 Å². The van der Waals surface area contributed by atoms with Crippen LogP contribution in [0.4, 0.5) is 4.39 Å². The van der Waals surface area contributed by atoms with Crippen LogP contribution in [0.3, 0.4) is 0 Å². The molecule has 0 aliphatic rings. The summed E-state index contributed by atoms with van der Waals surface area (Å²) in [6, 6.07) is 13.0. The number of carbonyl (C=O) groups excluding carboxylic acids is 1. The lowest BCUT2D eigenvalue weighted by Crippen LogP contribution is -2.32. The summed E-state index contributed by atoms with van der Waals surface area (Å²) in [6.45, 7) is 1.88. The van der Waals surface area contributed by atoms with Crippen molar-refractivity contribution in [2.24, 2.45) is 0 Å². The summed E-state index contributed by atoms with van der Waals surface area (Å²) in [7, 11) is 1.61. The van der Waals surface area contributed by atoms with Gasteiger partial charge in [-0.1, -0.05) is 19.1 Å². The minimum atomic E-state index is -0.340. The first-order chi connectivity index (χ1) is 11.1. The Kier molecular flexibility index (Phi) is 5.97. The topological polar surface area (TPSA) is 47.6 Å². The molecule has 0 bridgehead atoms. The zero-order valence-corrected chi connectivity index (χ0v) is 13.2. The van der Waals surface area contributed by atoms with Gasteiger partial charge in [0.2, 0.25) is 0 Å². The maximum Gasteiger partial charge on any atom is 0.258 e. The molecule has 23 heavy (non-hydrogen) atoms. The second-order valence-electron chi connectivity index (χ2n) is 5.04. The highest BCUT2D eigenvalue weighted by atomic mass is 19.1. The summed E-state index contributed by atoms with van der Waals surface area (Å²) < 4.78 is 23.3. The molecule has 2 aromatic rings. The van der Waals surface area contributed by atoms with E-state index in [4.69, 9.17) is 9.47 Å². The Bertz CT molecular complexity index is 626. The number of halogens is 1. The van der Waals surface area contributed by atoms with Gasteiger partial charge in [0.15, 0.2) is 6.61 Å². The van der Waals surface area contributed by atoms with E-state index in [1.165, 1.54) is 24.3 Å². The largest absolute Gasteiger partial charge is 0.497 e. The summed E-state index contributed by atoms with van der Waals surface area (Å²) in [6.07, 6.45) is 0.759. The molecular weight excluding hydrogens is 297 g/mol. The lowest BCUT2D eigenvalue weighted by Gasteiger charge is -2.18. The molecular formula is C18H20FNO3. The number of methoxy groups -OCH3 is 1. The molecule has 0 saturated carbocycles. The highest BCUT2D eigenvalue weighted by Crippen LogP contribution is 2.20. The number of rotatable bonds is 7. The van der Waals surface area contributed by atoms with Gasteiger partial charge in [0.25, 0.3) is 5.91 Å². The first-order valence-electron chi connectivity index (χ1n) is 7.44. The molecule has 122 valence electrons. The standard InChI is InChI=1S/C18H20FNO3/c1-3-17(13-4-8-15(22-2)9-5-13)20-18(21)12-23-16-10-6-14(19)7-11-16/h4-11,17H,3,12H2,1-2H3,(H,20,21)/t17-/m0/s1. The fourth-order valence-electron chi connectivity index (χ4n) is 2.17. The van der Waals surface area contributed by atoms with Crippen LogP contribution in [0.15, 0.2) is 48.5 Å². The van der Waals surface area contributed by atoms with Crippen LogP contribution >= 0.6 is 0 Å². The highest BCUT2D eigenvalue weighted by Gasteiger charge is 2.13. The maximum absolute atomic E-state index is 12.8. The van der Waals surface area contributed by atoms with Crippen molar-refractivity contribution in [3.05, 3.63) is 59.9 Å². The molecule has 0 saturated heterocycles. The zero-order chi connectivity index (χ0) is 16.7. The van der Waals surface area contributed by atoms with Crippen molar-refractivity contribution >= 4 is 5.91 Å². The third-order valence-corrected chi connectivity index (χ3v) is 3.45. The van der Waals surface area contributed by atoms with E-state index in [0.717, 1.165) is 17.7 Å². The molecule has 0 aromatic heterocycles. The van der Waals surface area contributed by atoms with Crippen molar-refractivity contribution in [2.45, 2.75) is 19.4 Å². The summed E-state index contributed by atoms with van der Waals surface area (Å²) in [5.41, 5.74) is 1.00. The number of ether oxygens (including phenoxy) is 2. The summed E-state index contributed by atoms with van der Waals surface area (Å²) in [5.74, 6) is 0.665. The van der Waals surface area contributed by atoms with Crippen LogP contribution in [-0.2, 0) is 4.79 Å². The lowest BCUT2D eigenvalue weighted by molar-refractivity contribution is -0.123. The van der Waals surface area contributed by atoms with Crippen LogP contribution in [0.2, 0.25) is 0 Å². The Balaban J connectivity index is 1.89. The van der Waals surface area contributed by atoms with Crippen molar-refractivity contribution in [2.75, 3.05) is 13.7 Å². The van der Waals surface area contributed by atoms with Gasteiger partial charge in [-0.3, -0.25) is 4.79 Å². The van der Waals surface area contributed by atoms with Gasteiger partial charge >= 0.3 is 0 Å². The van der Waals surface area contributed by atoms with Crippen LogP contribution in [-0.4, -0.2) is 19.6 Å². The molecule has 0 aliphatic carbocycles. The molecule has 2 aromatic carbocycles. The number of carbonyl (C=O) groups is 1. The molecule has 0 heterocycles. The van der Waals surface area contributed by atoms with E-state index < -0.39 is 0 Å². The van der Waals surface area contributed by atoms with Gasteiger partial charge < -0.3 is 14.8 Å². The van der Waals surface area contributed by atoms with Gasteiger partial charge in [0, 0.05) is 0 Å². The molecule has 1 N–H and O–H groups in total. The molecule has 1 atom stereocenters. The van der Waals surface area contributed by atoms with E-state index in [1.807, 2.05) is 31.2 Å². The number of amides is 1. The van der Waals surface area contributed by atoms with Crippen LogP contribution in [0, 0.1) is 5.82 Å². The Labute approximate surface area is 135 Å². The van der Waals surface area contributed by atoms with E-state index in [2.05, 4.69) is 5.32 Å². The molecule has 4 nitrogen and oxygen atoms in total. The summed E-state index contributed by atoms with van der Waals surface area (Å²) in [5, 5.41) is 2.92. The molecule has 0 aliphatic heterocycles. The minimum Gasteiger partial charge on any atom is -0.497 e. The quantitative estimate of drug-likeness (QED) is 0.850. The first kappa shape index (κ1) is 16.8. The fourth-order valence-corrected chi connectivity index (χ4v) is 2.17. The smallest absolute Gasteiger partial charge is 0.258 e. The Morgan fingerprint density at radius 3 is 2.26 bits per heavy atom. The third-order valence-electron chi connectivity index (χ3n) is 3.45. The van der Waals surface area contributed by atoms with Gasteiger partial charge in [0.1, 0.15) is 17.3 Å². The highest BCUT2D eigenvalue weighted by molar-refractivity contribution is 5.78. The average molecular weight is 317 g/mol. The monoisotopic (exact) mass is 317 g/mol. The van der Waals surface area contributed by atoms with Gasteiger partial charge in [-0.2, -0.15) is 0 Å². The molecule has 0 unspecified atom stereocenters. The number of benzene rings is 2. The van der Waals surface area contributed by atoms with Crippen LogP contribution in [0.1, 0.15) is 24.9 Å². The second kappa shape index (κ2) is 8.17. The van der Waals surface area contributed by atoms with Crippen molar-refractivity contribution in [3.8, 4) is 11.5 Å². The molecule has 0 fully saturated rings. The minimum absolute atomic E-state index is 0.0924.